The van der Waals surface area contributed by atoms with Crippen molar-refractivity contribution in [2.75, 3.05) is 27.4 Å². The molecular weight excluding hydrogens is 172 g/mol. The van der Waals surface area contributed by atoms with E-state index in [0.717, 1.165) is 12.8 Å². The second kappa shape index (κ2) is 22.6. The van der Waals surface area contributed by atoms with Crippen LogP contribution in [-0.4, -0.2) is 48.9 Å². The normalized spacial score (nSPS) is 10.4. The summed E-state index contributed by atoms with van der Waals surface area (Å²) in [4.78, 5) is 0. The highest BCUT2D eigenvalue weighted by Crippen LogP contribution is 1.78. The molecule has 0 saturated carbocycles. The summed E-state index contributed by atoms with van der Waals surface area (Å²) in [6, 6.07) is 0. The quantitative estimate of drug-likeness (QED) is 0.611. The molecule has 1 atom stereocenters. The molecular formula is C9H24O4. The predicted octanol–water partition coefficient (Wildman–Crippen LogP) is 0.401. The fraction of sp³-hybridized carbons (Fsp3) is 1.00. The minimum absolute atomic E-state index is 0.139. The number of ether oxygens (including phenoxy) is 1. The van der Waals surface area contributed by atoms with Crippen LogP contribution in [0.15, 0.2) is 0 Å². The molecule has 13 heavy (non-hydrogen) atoms. The van der Waals surface area contributed by atoms with Crippen LogP contribution in [0.2, 0.25) is 0 Å². The van der Waals surface area contributed by atoms with Crippen LogP contribution in [0.1, 0.15) is 26.7 Å². The van der Waals surface area contributed by atoms with Gasteiger partial charge in [0, 0.05) is 20.8 Å². The molecule has 0 heterocycles. The van der Waals surface area contributed by atoms with Gasteiger partial charge in [-0.3, -0.25) is 0 Å². The summed E-state index contributed by atoms with van der Waals surface area (Å²) in [5, 5.41) is 24.1. The van der Waals surface area contributed by atoms with Crippen LogP contribution in [0.25, 0.3) is 0 Å². The van der Waals surface area contributed by atoms with E-state index >= 15 is 0 Å². The molecule has 4 nitrogen and oxygen atoms in total. The third-order valence-corrected chi connectivity index (χ3v) is 0.776. The van der Waals surface area contributed by atoms with Gasteiger partial charge in [-0.15, -0.1) is 0 Å². The van der Waals surface area contributed by atoms with E-state index in [0.29, 0.717) is 6.61 Å². The van der Waals surface area contributed by atoms with Crippen LogP contribution >= 0.6 is 0 Å². The SMILES string of the molecule is CC(O)CO.CCCCO.COC. The molecule has 4 heteroatoms. The molecule has 0 aliphatic heterocycles. The van der Waals surface area contributed by atoms with Crippen LogP contribution < -0.4 is 0 Å². The van der Waals surface area contributed by atoms with Crippen molar-refractivity contribution in [2.45, 2.75) is 32.8 Å². The van der Waals surface area contributed by atoms with Crippen molar-refractivity contribution in [1.82, 2.24) is 0 Å². The van der Waals surface area contributed by atoms with Crippen molar-refractivity contribution >= 4 is 0 Å². The van der Waals surface area contributed by atoms with Crippen LogP contribution in [0, 0.1) is 0 Å². The molecule has 0 aromatic carbocycles. The number of aliphatic hydroxyl groups is 3. The Morgan fingerprint density at radius 1 is 1.23 bits per heavy atom. The van der Waals surface area contributed by atoms with Gasteiger partial charge in [0.1, 0.15) is 0 Å². The van der Waals surface area contributed by atoms with E-state index in [1.165, 1.54) is 6.92 Å². The van der Waals surface area contributed by atoms with Crippen LogP contribution in [0.5, 0.6) is 0 Å². The fourth-order valence-electron chi connectivity index (χ4n) is 0.158. The smallest absolute Gasteiger partial charge is 0.0742 e. The first-order chi connectivity index (χ1) is 6.10. The highest BCUT2D eigenvalue weighted by molar-refractivity contribution is 4.34. The molecule has 0 amide bonds. The molecule has 0 aliphatic carbocycles. The highest BCUT2D eigenvalue weighted by Gasteiger charge is 1.83. The van der Waals surface area contributed by atoms with Crippen molar-refractivity contribution in [3.8, 4) is 0 Å². The summed E-state index contributed by atoms with van der Waals surface area (Å²) in [5.74, 6) is 0. The molecule has 0 aromatic rings. The third kappa shape index (κ3) is 77.7. The fourth-order valence-corrected chi connectivity index (χ4v) is 0.158. The monoisotopic (exact) mass is 196 g/mol. The highest BCUT2D eigenvalue weighted by atomic mass is 16.4. The molecule has 0 rings (SSSR count). The van der Waals surface area contributed by atoms with E-state index in [1.807, 2.05) is 0 Å². The van der Waals surface area contributed by atoms with Gasteiger partial charge in [0.2, 0.25) is 0 Å². The molecule has 0 radical (unpaired) electrons. The van der Waals surface area contributed by atoms with E-state index < -0.39 is 6.10 Å². The molecule has 0 bridgehead atoms. The number of unbranched alkanes of at least 4 members (excludes halogenated alkanes) is 1. The summed E-state index contributed by atoms with van der Waals surface area (Å²) in [6.07, 6.45) is 1.48. The summed E-state index contributed by atoms with van der Waals surface area (Å²) >= 11 is 0. The number of methoxy groups -OCH3 is 1. The summed E-state index contributed by atoms with van der Waals surface area (Å²) < 4.78 is 4.25. The first-order valence-electron chi connectivity index (χ1n) is 4.40. The van der Waals surface area contributed by atoms with Gasteiger partial charge in [0.25, 0.3) is 0 Å². The Morgan fingerprint density at radius 3 is 1.54 bits per heavy atom. The van der Waals surface area contributed by atoms with Crippen molar-refractivity contribution in [1.29, 1.82) is 0 Å². The Balaban J connectivity index is -0.000000120. The third-order valence-electron chi connectivity index (χ3n) is 0.776. The minimum Gasteiger partial charge on any atom is -0.396 e. The van der Waals surface area contributed by atoms with Gasteiger partial charge in [-0.05, 0) is 13.3 Å². The van der Waals surface area contributed by atoms with Gasteiger partial charge in [-0.25, -0.2) is 0 Å². The Bertz CT molecular complexity index is 55.6. The topological polar surface area (TPSA) is 69.9 Å². The van der Waals surface area contributed by atoms with Crippen molar-refractivity contribution in [3.05, 3.63) is 0 Å². The minimum atomic E-state index is -0.560. The van der Waals surface area contributed by atoms with E-state index in [9.17, 15) is 0 Å². The molecule has 84 valence electrons. The Labute approximate surface area is 81.2 Å². The largest absolute Gasteiger partial charge is 0.396 e. The van der Waals surface area contributed by atoms with Crippen molar-refractivity contribution < 1.29 is 20.1 Å². The molecule has 0 spiro atoms. The lowest BCUT2D eigenvalue weighted by molar-refractivity contribution is 0.110. The van der Waals surface area contributed by atoms with Gasteiger partial charge >= 0.3 is 0 Å². The molecule has 3 N–H and O–H groups in total. The number of hydrogen-bond donors (Lipinski definition) is 3. The molecule has 0 saturated heterocycles. The lowest BCUT2D eigenvalue weighted by Crippen LogP contribution is -2.03. The zero-order chi connectivity index (χ0) is 11.1. The number of rotatable bonds is 3. The number of hydrogen-bond acceptors (Lipinski definition) is 4. The Hall–Kier alpha value is -0.160. The first-order valence-corrected chi connectivity index (χ1v) is 4.40. The summed E-state index contributed by atoms with van der Waals surface area (Å²) in [5.41, 5.74) is 0. The molecule has 0 aliphatic rings. The lowest BCUT2D eigenvalue weighted by atomic mass is 10.4. The van der Waals surface area contributed by atoms with Gasteiger partial charge in [0.15, 0.2) is 0 Å². The maximum absolute atomic E-state index is 8.11. The van der Waals surface area contributed by atoms with Crippen LogP contribution in [0.3, 0.4) is 0 Å². The predicted molar refractivity (Wildman–Crippen MR) is 53.7 cm³/mol. The first kappa shape index (κ1) is 18.6. The zero-order valence-electron chi connectivity index (χ0n) is 9.16. The van der Waals surface area contributed by atoms with E-state index in [1.54, 1.807) is 14.2 Å². The van der Waals surface area contributed by atoms with Crippen LogP contribution in [-0.2, 0) is 4.74 Å². The van der Waals surface area contributed by atoms with E-state index in [4.69, 9.17) is 15.3 Å². The molecule has 0 aromatic heterocycles. The Morgan fingerprint density at radius 2 is 1.54 bits per heavy atom. The van der Waals surface area contributed by atoms with E-state index in [2.05, 4.69) is 11.7 Å². The molecule has 0 fully saturated rings. The lowest BCUT2D eigenvalue weighted by Gasteiger charge is -1.90. The number of aliphatic hydroxyl groups excluding tert-OH is 3. The summed E-state index contributed by atoms with van der Waals surface area (Å²) in [7, 11) is 3.25. The standard InChI is InChI=1S/C4H10O.C3H8O2.C2H6O/c1-2-3-4-5;1-3(5)2-4;1-3-2/h5H,2-4H2,1H3;3-5H,2H2,1H3;1-2H3. The maximum Gasteiger partial charge on any atom is 0.0742 e. The zero-order valence-corrected chi connectivity index (χ0v) is 9.16. The van der Waals surface area contributed by atoms with Gasteiger partial charge in [-0.2, -0.15) is 0 Å². The van der Waals surface area contributed by atoms with Gasteiger partial charge in [-0.1, -0.05) is 13.3 Å². The summed E-state index contributed by atoms with van der Waals surface area (Å²) in [6.45, 7) is 3.78. The second-order valence-electron chi connectivity index (χ2n) is 2.52. The van der Waals surface area contributed by atoms with Crippen LogP contribution in [0.4, 0.5) is 0 Å². The van der Waals surface area contributed by atoms with Crippen molar-refractivity contribution in [2.24, 2.45) is 0 Å². The Kier molecular flexibility index (Phi) is 32.4. The van der Waals surface area contributed by atoms with E-state index in [-0.39, 0.29) is 6.61 Å². The average molecular weight is 196 g/mol. The maximum atomic E-state index is 8.11. The molecule has 1 unspecified atom stereocenters. The second-order valence-corrected chi connectivity index (χ2v) is 2.52. The average Bonchev–Trinajstić information content (AvgIpc) is 2.08. The van der Waals surface area contributed by atoms with Gasteiger partial charge < -0.3 is 20.1 Å². The van der Waals surface area contributed by atoms with Gasteiger partial charge in [0.05, 0.1) is 12.7 Å². The van der Waals surface area contributed by atoms with Crippen molar-refractivity contribution in [3.63, 3.8) is 0 Å².